The van der Waals surface area contributed by atoms with Crippen molar-refractivity contribution >= 4 is 26.8 Å². The van der Waals surface area contributed by atoms with E-state index in [0.29, 0.717) is 35.6 Å². The fraction of sp³-hybridized carbons (Fsp3) is 0.909. The average Bonchev–Trinajstić information content (AvgIpc) is 2.20. The number of nitrogens with zero attached hydrogens (tertiary/aromatic N) is 1. The molecule has 2 fully saturated rings. The van der Waals surface area contributed by atoms with Crippen LogP contribution in [-0.2, 0) is 9.84 Å². The fourth-order valence-electron chi connectivity index (χ4n) is 2.28. The second kappa shape index (κ2) is 5.18. The van der Waals surface area contributed by atoms with Gasteiger partial charge >= 0.3 is 0 Å². The molecular weight excluding hydrogens is 256 g/mol. The van der Waals surface area contributed by atoms with Gasteiger partial charge in [-0.15, -0.1) is 0 Å². The highest BCUT2D eigenvalue weighted by molar-refractivity contribution is 8.14. The summed E-state index contributed by atoms with van der Waals surface area (Å²) in [4.78, 5) is 4.67. The third-order valence-electron chi connectivity index (χ3n) is 3.19. The van der Waals surface area contributed by atoms with Crippen molar-refractivity contribution < 1.29 is 8.42 Å². The SMILES string of the molecule is CC1CC(C)SC(=NC2CCS(=O)(=O)CC2)N1. The van der Waals surface area contributed by atoms with E-state index in [-0.39, 0.29) is 6.04 Å². The van der Waals surface area contributed by atoms with Crippen molar-refractivity contribution in [1.82, 2.24) is 5.32 Å². The van der Waals surface area contributed by atoms with Gasteiger partial charge in [-0.05, 0) is 26.2 Å². The van der Waals surface area contributed by atoms with Crippen LogP contribution in [-0.4, -0.2) is 42.4 Å². The Morgan fingerprint density at radius 1 is 1.29 bits per heavy atom. The molecule has 0 aliphatic carbocycles. The summed E-state index contributed by atoms with van der Waals surface area (Å²) in [5, 5.41) is 4.97. The van der Waals surface area contributed by atoms with Gasteiger partial charge in [-0.3, -0.25) is 4.99 Å². The minimum absolute atomic E-state index is 0.186. The molecule has 2 rings (SSSR count). The zero-order valence-electron chi connectivity index (χ0n) is 10.3. The van der Waals surface area contributed by atoms with Crippen molar-refractivity contribution in [2.24, 2.45) is 4.99 Å². The van der Waals surface area contributed by atoms with E-state index in [0.717, 1.165) is 11.6 Å². The molecule has 0 aromatic rings. The number of thioether (sulfide) groups is 1. The van der Waals surface area contributed by atoms with Crippen LogP contribution in [0.25, 0.3) is 0 Å². The van der Waals surface area contributed by atoms with Gasteiger partial charge in [-0.2, -0.15) is 0 Å². The molecule has 2 heterocycles. The zero-order valence-corrected chi connectivity index (χ0v) is 12.0. The third kappa shape index (κ3) is 3.88. The second-order valence-corrected chi connectivity index (χ2v) is 8.76. The molecule has 0 saturated carbocycles. The number of amidine groups is 1. The molecule has 2 saturated heterocycles. The average molecular weight is 276 g/mol. The number of rotatable bonds is 1. The van der Waals surface area contributed by atoms with E-state index in [1.54, 1.807) is 11.8 Å². The fourth-order valence-corrected chi connectivity index (χ4v) is 4.99. The van der Waals surface area contributed by atoms with Crippen molar-refractivity contribution in [1.29, 1.82) is 0 Å². The monoisotopic (exact) mass is 276 g/mol. The van der Waals surface area contributed by atoms with Crippen LogP contribution in [0.5, 0.6) is 0 Å². The molecular formula is C11H20N2O2S2. The maximum Gasteiger partial charge on any atom is 0.157 e. The zero-order chi connectivity index (χ0) is 12.5. The highest BCUT2D eigenvalue weighted by atomic mass is 32.2. The van der Waals surface area contributed by atoms with Crippen LogP contribution >= 0.6 is 11.8 Å². The minimum atomic E-state index is -2.77. The lowest BCUT2D eigenvalue weighted by atomic mass is 10.2. The topological polar surface area (TPSA) is 58.5 Å². The van der Waals surface area contributed by atoms with E-state index in [1.165, 1.54) is 0 Å². The number of nitrogens with one attached hydrogen (secondary N) is 1. The highest BCUT2D eigenvalue weighted by Crippen LogP contribution is 2.24. The number of hydrogen-bond acceptors (Lipinski definition) is 4. The summed E-state index contributed by atoms with van der Waals surface area (Å²) in [6, 6.07) is 0.656. The summed E-state index contributed by atoms with van der Waals surface area (Å²) in [7, 11) is -2.77. The van der Waals surface area contributed by atoms with E-state index < -0.39 is 9.84 Å². The van der Waals surface area contributed by atoms with Gasteiger partial charge in [0.05, 0.1) is 17.5 Å². The second-order valence-electron chi connectivity index (χ2n) is 5.03. The lowest BCUT2D eigenvalue weighted by Gasteiger charge is -2.28. The molecule has 0 radical (unpaired) electrons. The van der Waals surface area contributed by atoms with Gasteiger partial charge in [-0.1, -0.05) is 18.7 Å². The summed E-state index contributed by atoms with van der Waals surface area (Å²) in [6.45, 7) is 4.37. The van der Waals surface area contributed by atoms with Crippen molar-refractivity contribution in [3.05, 3.63) is 0 Å². The molecule has 1 N–H and O–H groups in total. The van der Waals surface area contributed by atoms with E-state index in [4.69, 9.17) is 0 Å². The predicted molar refractivity (Wildman–Crippen MR) is 73.4 cm³/mol. The normalized spacial score (nSPS) is 36.7. The Morgan fingerprint density at radius 2 is 1.94 bits per heavy atom. The molecule has 2 unspecified atom stereocenters. The Labute approximate surface area is 108 Å². The standard InChI is InChI=1S/C11H20N2O2S2/c1-8-7-9(2)16-11(12-8)13-10-3-5-17(14,15)6-4-10/h8-10H,3-7H2,1-2H3,(H,12,13). The van der Waals surface area contributed by atoms with Gasteiger partial charge in [0.2, 0.25) is 0 Å². The molecule has 6 heteroatoms. The van der Waals surface area contributed by atoms with Crippen molar-refractivity contribution in [2.45, 2.75) is 50.4 Å². The molecule has 0 amide bonds. The van der Waals surface area contributed by atoms with Gasteiger partial charge in [0.1, 0.15) is 9.84 Å². The molecule has 0 bridgehead atoms. The lowest BCUT2D eigenvalue weighted by molar-refractivity contribution is 0.543. The molecule has 2 atom stereocenters. The summed E-state index contributed by atoms with van der Waals surface area (Å²) in [5.41, 5.74) is 0. The molecule has 4 nitrogen and oxygen atoms in total. The predicted octanol–water partition coefficient (Wildman–Crippen LogP) is 1.42. The number of aliphatic imine (C=N–C) groups is 1. The van der Waals surface area contributed by atoms with E-state index >= 15 is 0 Å². The first-order valence-electron chi connectivity index (χ1n) is 6.16. The van der Waals surface area contributed by atoms with Crippen LogP contribution < -0.4 is 5.32 Å². The molecule has 0 aromatic carbocycles. The number of hydrogen-bond donors (Lipinski definition) is 1. The smallest absolute Gasteiger partial charge is 0.157 e. The molecule has 2 aliphatic rings. The van der Waals surface area contributed by atoms with Gasteiger partial charge in [0.25, 0.3) is 0 Å². The van der Waals surface area contributed by atoms with Gasteiger partial charge in [0.15, 0.2) is 5.17 Å². The molecule has 17 heavy (non-hydrogen) atoms. The van der Waals surface area contributed by atoms with Crippen molar-refractivity contribution in [2.75, 3.05) is 11.5 Å². The lowest BCUT2D eigenvalue weighted by Crippen LogP contribution is -2.39. The quantitative estimate of drug-likeness (QED) is 0.787. The maximum atomic E-state index is 11.3. The summed E-state index contributed by atoms with van der Waals surface area (Å²) in [6.07, 6.45) is 2.51. The summed E-state index contributed by atoms with van der Waals surface area (Å²) in [5.74, 6) is 0.592. The van der Waals surface area contributed by atoms with Crippen LogP contribution in [0, 0.1) is 0 Å². The first-order valence-corrected chi connectivity index (χ1v) is 8.86. The molecule has 0 aromatic heterocycles. The summed E-state index contributed by atoms with van der Waals surface area (Å²) >= 11 is 1.77. The highest BCUT2D eigenvalue weighted by Gasteiger charge is 2.25. The Hall–Kier alpha value is -0.230. The van der Waals surface area contributed by atoms with Gasteiger partial charge in [-0.25, -0.2) is 8.42 Å². The Bertz CT molecular complexity index is 380. The van der Waals surface area contributed by atoms with Crippen LogP contribution in [0.1, 0.15) is 33.1 Å². The third-order valence-corrected chi connectivity index (χ3v) is 5.95. The summed E-state index contributed by atoms with van der Waals surface area (Å²) < 4.78 is 22.6. The van der Waals surface area contributed by atoms with Crippen molar-refractivity contribution in [3.63, 3.8) is 0 Å². The van der Waals surface area contributed by atoms with Crippen LogP contribution in [0.4, 0.5) is 0 Å². The Balaban J connectivity index is 1.95. The Morgan fingerprint density at radius 3 is 2.53 bits per heavy atom. The van der Waals surface area contributed by atoms with E-state index in [9.17, 15) is 8.42 Å². The van der Waals surface area contributed by atoms with E-state index in [2.05, 4.69) is 24.2 Å². The number of sulfone groups is 1. The molecule has 0 spiro atoms. The minimum Gasteiger partial charge on any atom is -0.362 e. The Kier molecular flexibility index (Phi) is 4.02. The molecule has 2 aliphatic heterocycles. The first kappa shape index (κ1) is 13.2. The largest absolute Gasteiger partial charge is 0.362 e. The van der Waals surface area contributed by atoms with Crippen LogP contribution in [0.3, 0.4) is 0 Å². The van der Waals surface area contributed by atoms with Gasteiger partial charge in [0, 0.05) is 11.3 Å². The maximum absolute atomic E-state index is 11.3. The van der Waals surface area contributed by atoms with E-state index in [1.807, 2.05) is 0 Å². The van der Waals surface area contributed by atoms with Crippen LogP contribution in [0.15, 0.2) is 4.99 Å². The molecule has 98 valence electrons. The van der Waals surface area contributed by atoms with Gasteiger partial charge < -0.3 is 5.32 Å². The van der Waals surface area contributed by atoms with Crippen LogP contribution in [0.2, 0.25) is 0 Å². The van der Waals surface area contributed by atoms with Crippen molar-refractivity contribution in [3.8, 4) is 0 Å². The first-order chi connectivity index (χ1) is 7.94.